The highest BCUT2D eigenvalue weighted by molar-refractivity contribution is 5.89. The van der Waals surface area contributed by atoms with Crippen molar-refractivity contribution in [2.75, 3.05) is 0 Å². The lowest BCUT2D eigenvalue weighted by Gasteiger charge is -2.06. The van der Waals surface area contributed by atoms with Gasteiger partial charge >= 0.3 is 0 Å². The van der Waals surface area contributed by atoms with Crippen molar-refractivity contribution >= 4 is 21.5 Å². The van der Waals surface area contributed by atoms with Crippen molar-refractivity contribution in [3.8, 4) is 22.3 Å². The van der Waals surface area contributed by atoms with Crippen LogP contribution in [0.5, 0.6) is 0 Å². The minimum absolute atomic E-state index is 1.29. The smallest absolute Gasteiger partial charge is 0.0152 e. The molecule has 0 aliphatic carbocycles. The molecule has 0 nitrogen and oxygen atoms in total. The van der Waals surface area contributed by atoms with Crippen LogP contribution in [0.25, 0.3) is 43.8 Å². The van der Waals surface area contributed by atoms with Gasteiger partial charge in [-0.25, -0.2) is 0 Å². The summed E-state index contributed by atoms with van der Waals surface area (Å²) in [5.74, 6) is 0. The van der Waals surface area contributed by atoms with Crippen LogP contribution in [-0.2, 0) is 0 Å². The fourth-order valence-electron chi connectivity index (χ4n) is 11.5. The monoisotopic (exact) mass is 1380 g/mol. The van der Waals surface area contributed by atoms with Crippen LogP contribution in [0.2, 0.25) is 0 Å². The van der Waals surface area contributed by atoms with E-state index in [0.29, 0.717) is 0 Å². The molecule has 0 saturated carbocycles. The quantitative estimate of drug-likeness (QED) is 0.162. The lowest BCUT2D eigenvalue weighted by Crippen LogP contribution is -1.88. The van der Waals surface area contributed by atoms with Gasteiger partial charge in [-0.1, -0.05) is 335 Å². The van der Waals surface area contributed by atoms with Crippen LogP contribution in [0.3, 0.4) is 0 Å². The van der Waals surface area contributed by atoms with E-state index in [2.05, 4.69) is 458 Å². The Morgan fingerprint density at radius 1 is 0.114 bits per heavy atom. The first-order chi connectivity index (χ1) is 49.9. The van der Waals surface area contributed by atoms with E-state index in [-0.39, 0.29) is 0 Å². The summed E-state index contributed by atoms with van der Waals surface area (Å²) in [5, 5.41) is 5.49. The fraction of sp³-hybridized carbons (Fsp3) is 0.238. The molecule has 0 spiro atoms. The standard InChI is InChI=1S/2C14H14.2C12H12.2C10H14.C9H12.3C8H10/c1-11-3-7-13(8-4-11)14-9-5-12(2)6-10-14;1-11-6-8-13(9-7-11)14-5-3-4-12(2)10-14;1-9-5-3-8-12-10(2)6-4-7-11(9)12;1-9-7-8-10(2)12-6-4-3-5-11(9)12;1-7-5-9(3)10(4)6-8(7)2;1-7-5-6-8(2)10(4)9(7)3;1-7-4-5-8(2)9(3)6-7;1-7-3-5-8(2)6-4-7;1-7-4-3-5-8(2)6-7;1-7-5-3-4-6-8(7)2/h2*3-10H,1-2H3;2*3-8H,1-2H3;2*5-6H,1-4H3;4-6H,1-3H3;3*3-6H,1-2H3. The molecule has 0 unspecified atom stereocenters. The largest absolute Gasteiger partial charge is 0.0620 e. The van der Waals surface area contributed by atoms with Crippen molar-refractivity contribution in [1.82, 2.24) is 0 Å². The molecular formula is C105H122. The van der Waals surface area contributed by atoms with E-state index in [0.717, 1.165) is 0 Å². The van der Waals surface area contributed by atoms with Gasteiger partial charge in [0.1, 0.15) is 0 Å². The Kier molecular flexibility index (Phi) is 35.4. The fourth-order valence-corrected chi connectivity index (χ4v) is 11.5. The molecule has 0 bridgehead atoms. The zero-order chi connectivity index (χ0) is 77.3. The number of rotatable bonds is 2. The zero-order valence-electron chi connectivity index (χ0n) is 68.6. The van der Waals surface area contributed by atoms with E-state index in [1.165, 1.54) is 183 Å². The molecular weight excluding hydrogens is 1260 g/mol. The summed E-state index contributed by atoms with van der Waals surface area (Å²) in [6, 6.07) is 101. The molecule has 0 radical (unpaired) electrons. The van der Waals surface area contributed by atoms with Gasteiger partial charge in [-0.3, -0.25) is 0 Å². The summed E-state index contributed by atoms with van der Waals surface area (Å²) in [4.78, 5) is 0. The van der Waals surface area contributed by atoms with Crippen LogP contribution in [0, 0.1) is 173 Å². The molecule has 0 fully saturated rings. The third-order valence-electron chi connectivity index (χ3n) is 19.5. The molecule has 0 heterocycles. The Morgan fingerprint density at radius 2 is 0.333 bits per heavy atom. The van der Waals surface area contributed by atoms with Gasteiger partial charge in [0.2, 0.25) is 0 Å². The Labute approximate surface area is 637 Å². The second kappa shape index (κ2) is 43.6. The van der Waals surface area contributed by atoms with Gasteiger partial charge in [0.05, 0.1) is 0 Å². The van der Waals surface area contributed by atoms with E-state index < -0.39 is 0 Å². The summed E-state index contributed by atoms with van der Waals surface area (Å²) in [6.45, 7) is 53.4. The topological polar surface area (TPSA) is 0 Å². The van der Waals surface area contributed by atoms with Crippen molar-refractivity contribution in [1.29, 1.82) is 0 Å². The molecule has 0 N–H and O–H groups in total. The van der Waals surface area contributed by atoms with Gasteiger partial charge < -0.3 is 0 Å². The predicted molar refractivity (Wildman–Crippen MR) is 469 cm³/mol. The Balaban J connectivity index is 0.000000211. The minimum Gasteiger partial charge on any atom is -0.0620 e. The number of fused-ring (bicyclic) bond motifs is 2. The van der Waals surface area contributed by atoms with E-state index in [1.54, 1.807) is 0 Å². The summed E-state index contributed by atoms with van der Waals surface area (Å²) in [7, 11) is 0. The molecule has 14 aromatic rings. The van der Waals surface area contributed by atoms with Crippen LogP contribution < -0.4 is 0 Å². The second-order valence-electron chi connectivity index (χ2n) is 28.9. The third-order valence-corrected chi connectivity index (χ3v) is 19.5. The highest BCUT2D eigenvalue weighted by Crippen LogP contribution is 2.25. The normalized spacial score (nSPS) is 9.95. The summed E-state index contributed by atoms with van der Waals surface area (Å²) >= 11 is 0. The third kappa shape index (κ3) is 29.7. The number of hydrogen-bond donors (Lipinski definition) is 0. The lowest BCUT2D eigenvalue weighted by molar-refractivity contribution is 1.22. The summed E-state index contributed by atoms with van der Waals surface area (Å²) < 4.78 is 0. The Bertz CT molecular complexity index is 4640. The molecule has 542 valence electrons. The van der Waals surface area contributed by atoms with Crippen LogP contribution in [0.1, 0.15) is 139 Å². The Hall–Kier alpha value is -10.4. The molecule has 0 aliphatic rings. The lowest BCUT2D eigenvalue weighted by atomic mass is 10.0. The van der Waals surface area contributed by atoms with Crippen LogP contribution in [-0.4, -0.2) is 0 Å². The van der Waals surface area contributed by atoms with Crippen LogP contribution >= 0.6 is 0 Å². The van der Waals surface area contributed by atoms with Gasteiger partial charge in [-0.15, -0.1) is 0 Å². The van der Waals surface area contributed by atoms with Crippen molar-refractivity contribution in [2.45, 2.75) is 173 Å². The first-order valence-corrected chi connectivity index (χ1v) is 37.3. The van der Waals surface area contributed by atoms with Crippen LogP contribution in [0.15, 0.2) is 285 Å². The summed E-state index contributed by atoms with van der Waals surface area (Å²) in [5.41, 5.74) is 39.2. The number of aryl methyl sites for hydroxylation is 23. The molecule has 14 rings (SSSR count). The molecule has 0 amide bonds. The van der Waals surface area contributed by atoms with Gasteiger partial charge in [0, 0.05) is 0 Å². The van der Waals surface area contributed by atoms with E-state index >= 15 is 0 Å². The van der Waals surface area contributed by atoms with Gasteiger partial charge in [0.25, 0.3) is 0 Å². The molecule has 0 aromatic heterocycles. The highest BCUT2D eigenvalue weighted by Gasteiger charge is 2.03. The van der Waals surface area contributed by atoms with E-state index in [9.17, 15) is 0 Å². The maximum absolute atomic E-state index is 2.24. The van der Waals surface area contributed by atoms with E-state index in [4.69, 9.17) is 0 Å². The zero-order valence-corrected chi connectivity index (χ0v) is 68.6. The molecule has 0 aliphatic heterocycles. The average molecular weight is 1380 g/mol. The maximum Gasteiger partial charge on any atom is -0.0152 e. The molecule has 0 heteroatoms. The second-order valence-corrected chi connectivity index (χ2v) is 28.9. The average Bonchev–Trinajstić information content (AvgIpc) is 0.822. The summed E-state index contributed by atoms with van der Waals surface area (Å²) in [6.07, 6.45) is 0. The first-order valence-electron chi connectivity index (χ1n) is 37.3. The van der Waals surface area contributed by atoms with Gasteiger partial charge in [-0.2, -0.15) is 0 Å². The Morgan fingerprint density at radius 3 is 0.638 bits per heavy atom. The van der Waals surface area contributed by atoms with Crippen molar-refractivity contribution in [3.05, 3.63) is 424 Å². The maximum atomic E-state index is 2.24. The van der Waals surface area contributed by atoms with Crippen molar-refractivity contribution in [2.24, 2.45) is 0 Å². The van der Waals surface area contributed by atoms with E-state index in [1.807, 2.05) is 0 Å². The molecule has 0 atom stereocenters. The minimum atomic E-state index is 1.29. The SMILES string of the molecule is Cc1cc(C)c(C)cc1C.Cc1ccc(-c2ccc(C)cc2)cc1.Cc1ccc(-c2cccc(C)c2)cc1.Cc1ccc(C)c(C)c1.Cc1ccc(C)c(C)c1C.Cc1ccc(C)c2ccccc12.Cc1ccc(C)cc1.Cc1cccc(C)c1.Cc1cccc2c(C)cccc12.Cc1ccccc1C. The predicted octanol–water partition coefficient (Wildman–Crippen LogP) is 30.2. The van der Waals surface area contributed by atoms with Crippen LogP contribution in [0.4, 0.5) is 0 Å². The van der Waals surface area contributed by atoms with Crippen molar-refractivity contribution < 1.29 is 0 Å². The molecule has 0 saturated heterocycles. The molecule has 105 heavy (non-hydrogen) atoms. The highest BCUT2D eigenvalue weighted by atomic mass is 14.1. The van der Waals surface area contributed by atoms with Gasteiger partial charge in [0.15, 0.2) is 0 Å². The van der Waals surface area contributed by atoms with Gasteiger partial charge in [-0.05, 0) is 306 Å². The number of hydrogen-bond acceptors (Lipinski definition) is 0. The number of benzene rings is 14. The first kappa shape index (κ1) is 85.2. The molecule has 14 aromatic carbocycles. The van der Waals surface area contributed by atoms with Crippen molar-refractivity contribution in [3.63, 3.8) is 0 Å².